The van der Waals surface area contributed by atoms with E-state index in [9.17, 15) is 4.79 Å². The van der Waals surface area contributed by atoms with Gasteiger partial charge in [0.25, 0.3) is 0 Å². The van der Waals surface area contributed by atoms with E-state index in [4.69, 9.17) is 5.73 Å². The highest BCUT2D eigenvalue weighted by Gasteiger charge is 2.95. The van der Waals surface area contributed by atoms with Crippen molar-refractivity contribution in [2.45, 2.75) is 31.6 Å². The molecule has 2 heteroatoms. The Bertz CT molecular complexity index is 603. The van der Waals surface area contributed by atoms with Gasteiger partial charge in [0, 0.05) is 11.3 Å². The molecule has 1 aromatic carbocycles. The molecular formula is C17H19NO. The maximum absolute atomic E-state index is 11.6. The molecule has 2 N–H and O–H groups in total. The Morgan fingerprint density at radius 1 is 1.21 bits per heavy atom. The number of benzene rings is 1. The Morgan fingerprint density at radius 2 is 1.89 bits per heavy atom. The molecule has 19 heavy (non-hydrogen) atoms. The molecule has 0 heterocycles. The van der Waals surface area contributed by atoms with Crippen LogP contribution in [0.1, 0.15) is 31.7 Å². The van der Waals surface area contributed by atoms with Gasteiger partial charge in [-0.1, -0.05) is 37.3 Å². The zero-order chi connectivity index (χ0) is 13.0. The standard InChI is InChI=1S/C17H19NO/c1-15-7-11-13(14(18)19)12-8-16(9-15,17(11,12)15)10-5-3-2-4-6-10/h2-6,11-13H,7-9H2,1H3,(H2,18,19). The van der Waals surface area contributed by atoms with Crippen LogP contribution in [-0.4, -0.2) is 5.91 Å². The fraction of sp³-hybridized carbons (Fsp3) is 0.588. The molecule has 6 unspecified atom stereocenters. The van der Waals surface area contributed by atoms with Gasteiger partial charge in [0.05, 0.1) is 0 Å². The molecular weight excluding hydrogens is 234 g/mol. The van der Waals surface area contributed by atoms with Gasteiger partial charge in [-0.3, -0.25) is 4.79 Å². The topological polar surface area (TPSA) is 43.1 Å². The first-order valence-corrected chi connectivity index (χ1v) is 7.42. The van der Waals surface area contributed by atoms with Gasteiger partial charge >= 0.3 is 0 Å². The van der Waals surface area contributed by atoms with Crippen molar-refractivity contribution in [2.75, 3.05) is 0 Å². The van der Waals surface area contributed by atoms with Gasteiger partial charge < -0.3 is 5.73 Å². The Hall–Kier alpha value is -1.31. The Morgan fingerprint density at radius 3 is 2.47 bits per heavy atom. The number of hydrogen-bond acceptors (Lipinski definition) is 1. The summed E-state index contributed by atoms with van der Waals surface area (Å²) in [6.07, 6.45) is 3.74. The average Bonchev–Trinajstić information content (AvgIpc) is 2.32. The van der Waals surface area contributed by atoms with Crippen LogP contribution >= 0.6 is 0 Å². The molecule has 4 aliphatic rings. The number of primary amides is 1. The van der Waals surface area contributed by atoms with Crippen molar-refractivity contribution in [1.29, 1.82) is 0 Å². The average molecular weight is 253 g/mol. The van der Waals surface area contributed by atoms with Crippen molar-refractivity contribution in [3.05, 3.63) is 35.9 Å². The molecule has 1 amide bonds. The smallest absolute Gasteiger partial charge is 0.221 e. The summed E-state index contributed by atoms with van der Waals surface area (Å²) in [4.78, 5) is 11.6. The lowest BCUT2D eigenvalue weighted by Crippen LogP contribution is -2.94. The van der Waals surface area contributed by atoms with Gasteiger partial charge in [0.1, 0.15) is 0 Å². The summed E-state index contributed by atoms with van der Waals surface area (Å²) in [6, 6.07) is 11.0. The van der Waals surface area contributed by atoms with Gasteiger partial charge in [-0.2, -0.15) is 0 Å². The van der Waals surface area contributed by atoms with E-state index >= 15 is 0 Å². The first-order valence-electron chi connectivity index (χ1n) is 7.42. The van der Waals surface area contributed by atoms with Crippen LogP contribution in [0.15, 0.2) is 30.3 Å². The fourth-order valence-electron chi connectivity index (χ4n) is 7.31. The predicted molar refractivity (Wildman–Crippen MR) is 72.2 cm³/mol. The van der Waals surface area contributed by atoms with E-state index in [1.807, 2.05) is 0 Å². The third-order valence-corrected chi connectivity index (χ3v) is 7.41. The van der Waals surface area contributed by atoms with E-state index in [1.54, 1.807) is 0 Å². The van der Waals surface area contributed by atoms with Crippen molar-refractivity contribution >= 4 is 5.91 Å². The van der Waals surface area contributed by atoms with Crippen molar-refractivity contribution in [1.82, 2.24) is 0 Å². The van der Waals surface area contributed by atoms with E-state index in [1.165, 1.54) is 24.8 Å². The molecule has 4 fully saturated rings. The molecule has 0 saturated heterocycles. The highest BCUT2D eigenvalue weighted by molar-refractivity contribution is 5.81. The molecule has 0 aromatic heterocycles. The summed E-state index contributed by atoms with van der Waals surface area (Å²) in [5.74, 6) is 1.31. The molecule has 0 bridgehead atoms. The summed E-state index contributed by atoms with van der Waals surface area (Å²) >= 11 is 0. The summed E-state index contributed by atoms with van der Waals surface area (Å²) < 4.78 is 0. The van der Waals surface area contributed by atoms with Crippen LogP contribution < -0.4 is 5.73 Å². The number of carbonyl (C=O) groups is 1. The SMILES string of the molecule is CC12CC3C(C(N)=O)C4CC(c5ccccc5)(C1)C342. The molecule has 0 radical (unpaired) electrons. The lowest BCUT2D eigenvalue weighted by atomic mass is 9.06. The van der Waals surface area contributed by atoms with Gasteiger partial charge in [-0.25, -0.2) is 0 Å². The minimum atomic E-state index is -0.0452. The third-order valence-electron chi connectivity index (χ3n) is 7.41. The van der Waals surface area contributed by atoms with Crippen LogP contribution in [-0.2, 0) is 10.2 Å². The molecule has 4 aliphatic carbocycles. The number of hydrogen-bond donors (Lipinski definition) is 1. The number of amides is 1. The van der Waals surface area contributed by atoms with E-state index in [0.29, 0.717) is 28.1 Å². The maximum Gasteiger partial charge on any atom is 0.221 e. The first kappa shape index (κ1) is 10.5. The Balaban J connectivity index is 1.60. The molecule has 5 rings (SSSR count). The third kappa shape index (κ3) is 0.721. The quantitative estimate of drug-likeness (QED) is 0.864. The van der Waals surface area contributed by atoms with E-state index in [2.05, 4.69) is 37.3 Å². The first-order chi connectivity index (χ1) is 9.07. The van der Waals surface area contributed by atoms with Gasteiger partial charge in [0.15, 0.2) is 0 Å². The van der Waals surface area contributed by atoms with Crippen molar-refractivity contribution in [3.63, 3.8) is 0 Å². The number of nitrogens with two attached hydrogens (primary N) is 1. The predicted octanol–water partition coefficient (Wildman–Crippen LogP) is 2.48. The minimum Gasteiger partial charge on any atom is -0.369 e. The summed E-state index contributed by atoms with van der Waals surface area (Å²) in [5.41, 5.74) is 8.46. The van der Waals surface area contributed by atoms with Crippen LogP contribution in [0.25, 0.3) is 0 Å². The fourth-order valence-corrected chi connectivity index (χ4v) is 7.31. The van der Waals surface area contributed by atoms with Crippen LogP contribution in [0.4, 0.5) is 0 Å². The second-order valence-corrected chi connectivity index (χ2v) is 7.60. The normalized spacial score (nSPS) is 55.5. The zero-order valence-electron chi connectivity index (χ0n) is 11.2. The van der Waals surface area contributed by atoms with Gasteiger partial charge in [-0.15, -0.1) is 0 Å². The highest BCUT2D eigenvalue weighted by Crippen LogP contribution is 2.98. The number of rotatable bonds is 2. The van der Waals surface area contributed by atoms with Crippen LogP contribution in [0.5, 0.6) is 0 Å². The zero-order valence-corrected chi connectivity index (χ0v) is 11.2. The monoisotopic (exact) mass is 253 g/mol. The maximum atomic E-state index is 11.6. The molecule has 6 atom stereocenters. The molecule has 1 aromatic rings. The summed E-state index contributed by atoms with van der Waals surface area (Å²) in [7, 11) is 0. The number of carbonyl (C=O) groups excluding carboxylic acids is 1. The van der Waals surface area contributed by atoms with Crippen molar-refractivity contribution < 1.29 is 4.79 Å². The second-order valence-electron chi connectivity index (χ2n) is 7.60. The van der Waals surface area contributed by atoms with E-state index in [0.717, 1.165) is 0 Å². The highest BCUT2D eigenvalue weighted by atomic mass is 16.1. The van der Waals surface area contributed by atoms with Crippen LogP contribution in [0.3, 0.4) is 0 Å². The van der Waals surface area contributed by atoms with Gasteiger partial charge in [-0.05, 0) is 47.5 Å². The lowest BCUT2D eigenvalue weighted by molar-refractivity contribution is -0.460. The van der Waals surface area contributed by atoms with Crippen molar-refractivity contribution in [2.24, 2.45) is 34.3 Å². The van der Waals surface area contributed by atoms with Gasteiger partial charge in [0.2, 0.25) is 5.91 Å². The van der Waals surface area contributed by atoms with E-state index in [-0.39, 0.29) is 11.8 Å². The molecule has 4 saturated carbocycles. The molecule has 1 spiro atoms. The molecule has 0 aliphatic heterocycles. The second kappa shape index (κ2) is 2.61. The van der Waals surface area contributed by atoms with Crippen molar-refractivity contribution in [3.8, 4) is 0 Å². The Kier molecular flexibility index (Phi) is 1.44. The Labute approximate surface area is 113 Å². The minimum absolute atomic E-state index is 0.0452. The summed E-state index contributed by atoms with van der Waals surface area (Å²) in [6.45, 7) is 2.44. The summed E-state index contributed by atoms with van der Waals surface area (Å²) in [5, 5.41) is 0. The lowest BCUT2D eigenvalue weighted by Gasteiger charge is -2.97. The van der Waals surface area contributed by atoms with Crippen LogP contribution in [0.2, 0.25) is 0 Å². The molecule has 98 valence electrons. The molecule has 2 nitrogen and oxygen atoms in total. The largest absolute Gasteiger partial charge is 0.369 e. The van der Waals surface area contributed by atoms with Crippen LogP contribution in [0, 0.1) is 28.6 Å². The van der Waals surface area contributed by atoms with E-state index < -0.39 is 0 Å².